The van der Waals surface area contributed by atoms with Crippen LogP contribution in [0.25, 0.3) is 0 Å². The van der Waals surface area contributed by atoms with Crippen molar-refractivity contribution in [3.63, 3.8) is 0 Å². The van der Waals surface area contributed by atoms with E-state index >= 15 is 0 Å². The van der Waals surface area contributed by atoms with Crippen molar-refractivity contribution in [2.24, 2.45) is 0 Å². The topological polar surface area (TPSA) is 88.7 Å². The van der Waals surface area contributed by atoms with Crippen molar-refractivity contribution in [3.8, 4) is 5.75 Å². The van der Waals surface area contributed by atoms with Gasteiger partial charge in [-0.25, -0.2) is 9.59 Å². The van der Waals surface area contributed by atoms with Crippen LogP contribution in [-0.4, -0.2) is 104 Å². The Morgan fingerprint density at radius 1 is 0.824 bits per heavy atom. The molecule has 1 saturated heterocycles. The van der Waals surface area contributed by atoms with E-state index in [-0.39, 0.29) is 31.1 Å². The molecule has 1 atom stereocenters. The molecule has 51 heavy (non-hydrogen) atoms. The number of methoxy groups -OCH3 is 1. The number of halogens is 1. The number of rotatable bonds is 17. The van der Waals surface area contributed by atoms with Gasteiger partial charge in [0.15, 0.2) is 0 Å². The maximum Gasteiger partial charge on any atom is 0.329 e. The van der Waals surface area contributed by atoms with Crippen molar-refractivity contribution in [2.75, 3.05) is 64.9 Å². The lowest BCUT2D eigenvalue weighted by atomic mass is 10.1. The third kappa shape index (κ3) is 11.4. The maximum absolute atomic E-state index is 14.6. The van der Waals surface area contributed by atoms with E-state index in [1.54, 1.807) is 40.0 Å². The molecule has 3 aromatic carbocycles. The first-order chi connectivity index (χ1) is 24.8. The van der Waals surface area contributed by atoms with E-state index in [0.29, 0.717) is 55.7 Å². The maximum atomic E-state index is 14.6. The summed E-state index contributed by atoms with van der Waals surface area (Å²) in [7, 11) is 3.65. The number of urea groups is 2. The second kappa shape index (κ2) is 20.5. The Hall–Kier alpha value is -4.28. The molecule has 11 heteroatoms. The molecule has 1 heterocycles. The molecular weight excluding hydrogens is 664 g/mol. The van der Waals surface area contributed by atoms with E-state index in [4.69, 9.17) is 16.3 Å². The molecule has 0 radical (unpaired) electrons. The third-order valence-corrected chi connectivity index (χ3v) is 9.47. The minimum atomic E-state index is -0.895. The van der Waals surface area contributed by atoms with E-state index in [1.807, 2.05) is 72.6 Å². The van der Waals surface area contributed by atoms with Crippen molar-refractivity contribution in [3.05, 3.63) is 89.4 Å². The van der Waals surface area contributed by atoms with E-state index in [9.17, 15) is 14.4 Å². The number of hydrogen-bond acceptors (Lipinski definition) is 5. The second-order valence-electron chi connectivity index (χ2n) is 13.1. The largest absolute Gasteiger partial charge is 0.496 e. The summed E-state index contributed by atoms with van der Waals surface area (Å²) in [4.78, 5) is 51.8. The number of hydrogen-bond donors (Lipinski definition) is 1. The quantitative estimate of drug-likeness (QED) is 0.145. The summed E-state index contributed by atoms with van der Waals surface area (Å²) in [6, 6.07) is 23.0. The molecule has 0 bridgehead atoms. The van der Waals surface area contributed by atoms with Crippen molar-refractivity contribution in [2.45, 2.75) is 65.0 Å². The van der Waals surface area contributed by atoms with Gasteiger partial charge in [0.1, 0.15) is 11.8 Å². The number of benzene rings is 3. The van der Waals surface area contributed by atoms with Crippen LogP contribution in [0.4, 0.5) is 21.0 Å². The Labute approximate surface area is 309 Å². The molecule has 10 nitrogen and oxygen atoms in total. The van der Waals surface area contributed by atoms with Crippen LogP contribution >= 0.6 is 11.6 Å². The highest BCUT2D eigenvalue weighted by Gasteiger charge is 2.40. The molecule has 0 aromatic heterocycles. The molecule has 5 amide bonds. The highest BCUT2D eigenvalue weighted by Crippen LogP contribution is 2.30. The summed E-state index contributed by atoms with van der Waals surface area (Å²) in [5, 5.41) is 3.58. The Kier molecular flexibility index (Phi) is 15.9. The van der Waals surface area contributed by atoms with Gasteiger partial charge in [0, 0.05) is 56.4 Å². The summed E-state index contributed by atoms with van der Waals surface area (Å²) >= 11 is 6.40. The number of unbranched alkanes of at least 4 members (excludes halogenated alkanes) is 4. The number of nitrogens with zero attached hydrogens (tertiary/aromatic N) is 5. The molecule has 1 aliphatic heterocycles. The van der Waals surface area contributed by atoms with Crippen LogP contribution in [0.5, 0.6) is 5.75 Å². The fraction of sp³-hybridized carbons (Fsp3) is 0.475. The molecule has 1 aliphatic rings. The lowest BCUT2D eigenvalue weighted by Gasteiger charge is -2.43. The van der Waals surface area contributed by atoms with Gasteiger partial charge in [0.25, 0.3) is 0 Å². The third-order valence-electron chi connectivity index (χ3n) is 9.23. The van der Waals surface area contributed by atoms with Crippen LogP contribution in [0.3, 0.4) is 0 Å². The van der Waals surface area contributed by atoms with Crippen molar-refractivity contribution < 1.29 is 19.1 Å². The zero-order chi connectivity index (χ0) is 36.6. The second-order valence-corrected chi connectivity index (χ2v) is 13.5. The zero-order valence-electron chi connectivity index (χ0n) is 30.7. The van der Waals surface area contributed by atoms with Crippen molar-refractivity contribution in [1.82, 2.24) is 24.9 Å². The van der Waals surface area contributed by atoms with Crippen LogP contribution in [0.15, 0.2) is 78.9 Å². The number of carbonyl (C=O) groups is 3. The zero-order valence-corrected chi connectivity index (χ0v) is 31.5. The van der Waals surface area contributed by atoms with E-state index in [0.717, 1.165) is 49.8 Å². The summed E-state index contributed by atoms with van der Waals surface area (Å²) in [5.74, 6) is 0.518. The predicted molar refractivity (Wildman–Crippen MR) is 206 cm³/mol. The summed E-state index contributed by atoms with van der Waals surface area (Å²) in [6.45, 7) is 7.90. The molecule has 1 N–H and O–H groups in total. The minimum Gasteiger partial charge on any atom is -0.496 e. The first kappa shape index (κ1) is 39.5. The molecule has 4 rings (SSSR count). The van der Waals surface area contributed by atoms with Gasteiger partial charge < -0.3 is 29.7 Å². The van der Waals surface area contributed by atoms with Gasteiger partial charge in [0.05, 0.1) is 25.0 Å². The van der Waals surface area contributed by atoms with Crippen molar-refractivity contribution in [1.29, 1.82) is 0 Å². The number of carbonyl (C=O) groups excluding carboxylic acids is 3. The fourth-order valence-corrected chi connectivity index (χ4v) is 6.58. The molecule has 0 spiro atoms. The number of likely N-dealkylation sites (N-methyl/N-ethyl adjacent to an activating group) is 1. The first-order valence-corrected chi connectivity index (χ1v) is 18.7. The van der Waals surface area contributed by atoms with Crippen molar-refractivity contribution >= 4 is 40.9 Å². The van der Waals surface area contributed by atoms with Gasteiger partial charge in [-0.15, -0.1) is 0 Å². The number of anilines is 2. The van der Waals surface area contributed by atoms with Crippen LogP contribution in [0.2, 0.25) is 5.02 Å². The number of nitrogens with one attached hydrogen (secondary N) is 1. The Morgan fingerprint density at radius 3 is 2.16 bits per heavy atom. The fourth-order valence-electron chi connectivity index (χ4n) is 6.40. The van der Waals surface area contributed by atoms with Crippen LogP contribution in [0, 0.1) is 0 Å². The number of amides is 5. The number of piperazine rings is 1. The van der Waals surface area contributed by atoms with Crippen LogP contribution in [-0.2, 0) is 11.3 Å². The van der Waals surface area contributed by atoms with Gasteiger partial charge in [-0.3, -0.25) is 9.69 Å². The molecule has 1 unspecified atom stereocenters. The average Bonchev–Trinajstić information content (AvgIpc) is 3.14. The van der Waals surface area contributed by atoms with E-state index in [2.05, 4.69) is 24.1 Å². The molecule has 0 saturated carbocycles. The van der Waals surface area contributed by atoms with Gasteiger partial charge in [-0.1, -0.05) is 93.6 Å². The summed E-state index contributed by atoms with van der Waals surface area (Å²) in [5.41, 5.74) is 2.29. The lowest BCUT2D eigenvalue weighted by molar-refractivity contribution is -0.127. The van der Waals surface area contributed by atoms with Gasteiger partial charge in [0.2, 0.25) is 5.91 Å². The normalized spacial score (nSPS) is 14.4. The Balaban J connectivity index is 1.56. The predicted octanol–water partition coefficient (Wildman–Crippen LogP) is 7.64. The number of ether oxygens (including phenoxy) is 1. The summed E-state index contributed by atoms with van der Waals surface area (Å²) in [6.07, 6.45) is 6.11. The van der Waals surface area contributed by atoms with E-state index in [1.165, 1.54) is 0 Å². The number of para-hydroxylation sites is 2. The van der Waals surface area contributed by atoms with Gasteiger partial charge >= 0.3 is 12.1 Å². The monoisotopic (exact) mass is 718 g/mol. The Morgan fingerprint density at radius 2 is 1.49 bits per heavy atom. The minimum absolute atomic E-state index is 0.0709. The highest BCUT2D eigenvalue weighted by molar-refractivity contribution is 6.31. The SMILES string of the molecule is CCCCCN(CCCCC)C(=O)N1CCN(C(=O)N(c2ccccc2)c2cccc(Cl)c2)C(C(=O)NCCN(C)Cc2ccccc2OC)C1. The molecule has 0 aliphatic carbocycles. The van der Waals surface area contributed by atoms with Crippen LogP contribution < -0.4 is 15.0 Å². The molecule has 276 valence electrons. The smallest absolute Gasteiger partial charge is 0.329 e. The van der Waals surface area contributed by atoms with Gasteiger partial charge in [-0.2, -0.15) is 0 Å². The standard InChI is InChI=1S/C40H55ClN6O4/c1-5-7-14-24-44(25-15-8-6-2)39(49)45-27-28-46(40(50)47(34-19-10-9-11-20-34)35-21-16-18-33(41)29-35)36(31-45)38(48)42-23-26-43(3)30-32-17-12-13-22-37(32)51-4/h9-13,16-22,29,36H,5-8,14-15,23-28,30-31H2,1-4H3,(H,42,48). The van der Waals surface area contributed by atoms with Crippen LogP contribution in [0.1, 0.15) is 57.9 Å². The average molecular weight is 719 g/mol. The lowest BCUT2D eigenvalue weighted by Crippen LogP contribution is -2.64. The van der Waals surface area contributed by atoms with E-state index < -0.39 is 6.04 Å². The van der Waals surface area contributed by atoms with Gasteiger partial charge in [-0.05, 0) is 56.3 Å². The first-order valence-electron chi connectivity index (χ1n) is 18.3. The summed E-state index contributed by atoms with van der Waals surface area (Å²) < 4.78 is 5.51. The Bertz CT molecular complexity index is 1530. The molecule has 3 aromatic rings. The highest BCUT2D eigenvalue weighted by atomic mass is 35.5. The molecule has 1 fully saturated rings. The molecular formula is C40H55ClN6O4.